The average Bonchev–Trinajstić information content (AvgIpc) is 3.28. The third-order valence-corrected chi connectivity index (χ3v) is 7.22. The van der Waals surface area contributed by atoms with Crippen LogP contribution in [0.5, 0.6) is 11.5 Å². The number of Topliss-reactive ketones (excluding diaryl/α,β-unsaturated/α-hetero) is 1. The number of thioether (sulfide) groups is 1. The molecule has 4 rings (SSSR count). The van der Waals surface area contributed by atoms with Gasteiger partial charge >= 0.3 is 0 Å². The zero-order chi connectivity index (χ0) is 24.2. The Morgan fingerprint density at radius 1 is 1.15 bits per heavy atom. The van der Waals surface area contributed by atoms with Gasteiger partial charge in [-0.2, -0.15) is 0 Å². The molecule has 174 valence electrons. The molecule has 4 aromatic rings. The fourth-order valence-corrected chi connectivity index (χ4v) is 5.47. The van der Waals surface area contributed by atoms with E-state index in [1.54, 1.807) is 36.0 Å². The molecule has 34 heavy (non-hydrogen) atoms. The van der Waals surface area contributed by atoms with Crippen molar-refractivity contribution >= 4 is 39.1 Å². The van der Waals surface area contributed by atoms with Crippen LogP contribution in [-0.4, -0.2) is 35.3 Å². The quantitative estimate of drug-likeness (QED) is 0.131. The van der Waals surface area contributed by atoms with Gasteiger partial charge in [0.15, 0.2) is 22.4 Å². The summed E-state index contributed by atoms with van der Waals surface area (Å²) >= 11 is 2.67. The highest BCUT2D eigenvalue weighted by atomic mass is 32.2. The number of hydrogen-bond donors (Lipinski definition) is 0. The van der Waals surface area contributed by atoms with Crippen LogP contribution in [0, 0.1) is 6.92 Å². The molecule has 0 aliphatic heterocycles. The van der Waals surface area contributed by atoms with E-state index in [4.69, 9.17) is 14.5 Å². The first kappa shape index (κ1) is 23.8. The van der Waals surface area contributed by atoms with E-state index in [9.17, 15) is 9.59 Å². The van der Waals surface area contributed by atoms with E-state index >= 15 is 0 Å². The smallest absolute Gasteiger partial charge is 0.263 e. The molecule has 0 aliphatic carbocycles. The van der Waals surface area contributed by atoms with E-state index in [1.165, 1.54) is 30.2 Å². The fourth-order valence-electron chi connectivity index (χ4n) is 3.57. The third-order valence-electron chi connectivity index (χ3n) is 5.37. The summed E-state index contributed by atoms with van der Waals surface area (Å²) in [5, 5.41) is 3.04. The van der Waals surface area contributed by atoms with E-state index in [-0.39, 0.29) is 17.1 Å². The van der Waals surface area contributed by atoms with Gasteiger partial charge in [-0.05, 0) is 30.7 Å². The fraction of sp³-hybridized carbons (Fsp3) is 0.192. The van der Waals surface area contributed by atoms with Crippen LogP contribution in [0.2, 0.25) is 0 Å². The van der Waals surface area contributed by atoms with Crippen molar-refractivity contribution in [2.45, 2.75) is 18.6 Å². The summed E-state index contributed by atoms with van der Waals surface area (Å²) in [7, 11) is 3.07. The molecule has 0 N–H and O–H groups in total. The molecule has 2 aromatic heterocycles. The molecule has 0 atom stereocenters. The van der Waals surface area contributed by atoms with Gasteiger partial charge in [0.25, 0.3) is 5.56 Å². The van der Waals surface area contributed by atoms with E-state index in [0.29, 0.717) is 39.0 Å². The number of carbonyl (C=O) groups excluding carboxylic acids is 1. The van der Waals surface area contributed by atoms with Crippen LogP contribution in [0.15, 0.2) is 70.5 Å². The molecule has 0 amide bonds. The van der Waals surface area contributed by atoms with Crippen LogP contribution in [0.4, 0.5) is 0 Å². The van der Waals surface area contributed by atoms with Gasteiger partial charge in [0.05, 0.1) is 25.4 Å². The lowest BCUT2D eigenvalue weighted by Crippen LogP contribution is -2.23. The maximum atomic E-state index is 13.5. The maximum Gasteiger partial charge on any atom is 0.263 e. The van der Waals surface area contributed by atoms with E-state index < -0.39 is 0 Å². The average molecular weight is 493 g/mol. The topological polar surface area (TPSA) is 70.4 Å². The van der Waals surface area contributed by atoms with Crippen molar-refractivity contribution in [3.63, 3.8) is 0 Å². The summed E-state index contributed by atoms with van der Waals surface area (Å²) in [6.45, 7) is 6.12. The van der Waals surface area contributed by atoms with Crippen molar-refractivity contribution in [2.24, 2.45) is 0 Å². The van der Waals surface area contributed by atoms with Gasteiger partial charge in [0.2, 0.25) is 0 Å². The van der Waals surface area contributed by atoms with Crippen LogP contribution in [0.1, 0.15) is 15.9 Å². The molecule has 2 aromatic carbocycles. The van der Waals surface area contributed by atoms with Gasteiger partial charge in [0.1, 0.15) is 4.83 Å². The zero-order valence-electron chi connectivity index (χ0n) is 19.2. The summed E-state index contributed by atoms with van der Waals surface area (Å²) in [5.74, 6) is 1.07. The number of nitrogens with zero attached hydrogens (tertiary/aromatic N) is 2. The van der Waals surface area contributed by atoms with Crippen LogP contribution in [0.25, 0.3) is 21.3 Å². The molecular weight excluding hydrogens is 468 g/mol. The SMILES string of the molecule is C=CCn1c(SCC(=O)c2ccc(OC)c(OC)c2)nc2scc(-c3ccc(C)cc3)c2c1=O. The number of rotatable bonds is 9. The molecule has 0 radical (unpaired) electrons. The molecule has 0 spiro atoms. The Bertz CT molecular complexity index is 1420. The van der Waals surface area contributed by atoms with Gasteiger partial charge in [-0.1, -0.05) is 47.7 Å². The number of aryl methyl sites for hydroxylation is 1. The third kappa shape index (κ3) is 4.64. The molecule has 0 bridgehead atoms. The molecule has 8 heteroatoms. The zero-order valence-corrected chi connectivity index (χ0v) is 20.8. The predicted octanol–water partition coefficient (Wildman–Crippen LogP) is 5.61. The van der Waals surface area contributed by atoms with Gasteiger partial charge in [-0.15, -0.1) is 17.9 Å². The van der Waals surface area contributed by atoms with Gasteiger partial charge in [-0.25, -0.2) is 4.98 Å². The molecule has 6 nitrogen and oxygen atoms in total. The van der Waals surface area contributed by atoms with Crippen molar-refractivity contribution in [1.82, 2.24) is 9.55 Å². The second-order valence-corrected chi connectivity index (χ2v) is 9.38. The second-order valence-electron chi connectivity index (χ2n) is 7.58. The van der Waals surface area contributed by atoms with Crippen molar-refractivity contribution in [3.05, 3.63) is 82.0 Å². The standard InChI is InChI=1S/C26H24N2O4S2/c1-5-12-28-25(30)23-19(17-8-6-16(2)7-9-17)14-33-24(23)27-26(28)34-15-20(29)18-10-11-21(31-3)22(13-18)32-4/h5-11,13-14H,1,12,15H2,2-4H3. The number of allylic oxidation sites excluding steroid dienone is 1. The number of ketones is 1. The first-order valence-electron chi connectivity index (χ1n) is 10.5. The Labute approximate surface area is 205 Å². The normalized spacial score (nSPS) is 10.9. The summed E-state index contributed by atoms with van der Waals surface area (Å²) in [6, 6.07) is 13.1. The van der Waals surface area contributed by atoms with Crippen LogP contribution < -0.4 is 15.0 Å². The lowest BCUT2D eigenvalue weighted by molar-refractivity contribution is 0.102. The first-order chi connectivity index (χ1) is 16.5. The summed E-state index contributed by atoms with van der Waals surface area (Å²) in [4.78, 5) is 31.8. The molecule has 2 heterocycles. The van der Waals surface area contributed by atoms with E-state index in [0.717, 1.165) is 16.7 Å². The Kier molecular flexibility index (Phi) is 7.19. The van der Waals surface area contributed by atoms with Crippen LogP contribution in [-0.2, 0) is 6.54 Å². The second kappa shape index (κ2) is 10.3. The highest BCUT2D eigenvalue weighted by Crippen LogP contribution is 2.33. The molecular formula is C26H24N2O4S2. The Hall–Kier alpha value is -3.36. The van der Waals surface area contributed by atoms with Crippen LogP contribution >= 0.6 is 23.1 Å². The number of methoxy groups -OCH3 is 2. The largest absolute Gasteiger partial charge is 0.493 e. The summed E-state index contributed by atoms with van der Waals surface area (Å²) in [5.41, 5.74) is 3.37. The predicted molar refractivity (Wildman–Crippen MR) is 139 cm³/mol. The monoisotopic (exact) mass is 492 g/mol. The molecule has 0 saturated carbocycles. The number of thiophene rings is 1. The number of ether oxygens (including phenoxy) is 2. The number of hydrogen-bond acceptors (Lipinski definition) is 7. The van der Waals surface area contributed by atoms with Gasteiger partial charge < -0.3 is 9.47 Å². The molecule has 0 fully saturated rings. The lowest BCUT2D eigenvalue weighted by Gasteiger charge is -2.11. The Morgan fingerprint density at radius 2 is 1.88 bits per heavy atom. The van der Waals surface area contributed by atoms with Crippen molar-refractivity contribution in [1.29, 1.82) is 0 Å². The highest BCUT2D eigenvalue weighted by Gasteiger charge is 2.18. The molecule has 0 saturated heterocycles. The minimum atomic E-state index is -0.136. The Morgan fingerprint density at radius 3 is 2.56 bits per heavy atom. The Balaban J connectivity index is 1.67. The first-order valence-corrected chi connectivity index (χ1v) is 12.4. The van der Waals surface area contributed by atoms with Crippen molar-refractivity contribution in [3.8, 4) is 22.6 Å². The minimum absolute atomic E-state index is 0.100. The molecule has 0 unspecified atom stereocenters. The minimum Gasteiger partial charge on any atom is -0.493 e. The molecule has 0 aliphatic rings. The summed E-state index contributed by atoms with van der Waals surface area (Å²) < 4.78 is 12.1. The van der Waals surface area contributed by atoms with Gasteiger partial charge in [0, 0.05) is 23.1 Å². The number of fused-ring (bicyclic) bond motifs is 1. The van der Waals surface area contributed by atoms with Gasteiger partial charge in [-0.3, -0.25) is 14.2 Å². The number of carbonyl (C=O) groups is 1. The summed E-state index contributed by atoms with van der Waals surface area (Å²) in [6.07, 6.45) is 1.66. The maximum absolute atomic E-state index is 13.5. The van der Waals surface area contributed by atoms with Crippen molar-refractivity contribution < 1.29 is 14.3 Å². The van der Waals surface area contributed by atoms with Crippen molar-refractivity contribution in [2.75, 3.05) is 20.0 Å². The van der Waals surface area contributed by atoms with E-state index in [1.807, 2.05) is 36.6 Å². The lowest BCUT2D eigenvalue weighted by atomic mass is 10.1. The highest BCUT2D eigenvalue weighted by molar-refractivity contribution is 7.99. The van der Waals surface area contributed by atoms with Crippen LogP contribution in [0.3, 0.4) is 0 Å². The number of benzene rings is 2. The van der Waals surface area contributed by atoms with E-state index in [2.05, 4.69) is 6.58 Å². The number of aromatic nitrogens is 2.